The molecule has 0 spiro atoms. The third-order valence-electron chi connectivity index (χ3n) is 2.44. The van der Waals surface area contributed by atoms with Crippen LogP contribution in [-0.2, 0) is 4.74 Å². The average molecular weight is 157 g/mol. The Morgan fingerprint density at radius 3 is 2.55 bits per heavy atom. The van der Waals surface area contributed by atoms with Crippen LogP contribution in [0.15, 0.2) is 0 Å². The Kier molecular flexibility index (Phi) is 2.90. The molecule has 2 nitrogen and oxygen atoms in total. The summed E-state index contributed by atoms with van der Waals surface area (Å²) < 4.78 is 5.34. The maximum Gasteiger partial charge on any atom is 0.0903 e. The van der Waals surface area contributed by atoms with Crippen molar-refractivity contribution >= 4 is 0 Å². The monoisotopic (exact) mass is 157 g/mol. The minimum Gasteiger partial charge on any atom is -0.376 e. The molecule has 0 radical (unpaired) electrons. The second kappa shape index (κ2) is 3.55. The number of hydrogen-bond acceptors (Lipinski definition) is 2. The Bertz CT molecular complexity index is 119. The van der Waals surface area contributed by atoms with Gasteiger partial charge in [-0.1, -0.05) is 13.3 Å². The summed E-state index contributed by atoms with van der Waals surface area (Å²) in [6.07, 6.45) is 2.61. The molecule has 0 unspecified atom stereocenters. The van der Waals surface area contributed by atoms with Gasteiger partial charge >= 0.3 is 0 Å². The van der Waals surface area contributed by atoms with Crippen molar-refractivity contribution in [3.05, 3.63) is 0 Å². The fourth-order valence-corrected chi connectivity index (χ4v) is 1.57. The highest BCUT2D eigenvalue weighted by Gasteiger charge is 2.37. The van der Waals surface area contributed by atoms with Gasteiger partial charge in [-0.2, -0.15) is 0 Å². The van der Waals surface area contributed by atoms with Crippen LogP contribution in [0.3, 0.4) is 0 Å². The van der Waals surface area contributed by atoms with E-state index < -0.39 is 0 Å². The summed E-state index contributed by atoms with van der Waals surface area (Å²) in [5.41, 5.74) is 0.160. The summed E-state index contributed by atoms with van der Waals surface area (Å²) in [6.45, 7) is 7.88. The van der Waals surface area contributed by atoms with Crippen LogP contribution in [0.2, 0.25) is 0 Å². The molecular formula is C9H19NO. The third-order valence-corrected chi connectivity index (χ3v) is 2.44. The van der Waals surface area contributed by atoms with Gasteiger partial charge in [0.25, 0.3) is 0 Å². The Hall–Kier alpha value is -0.0800. The molecule has 0 aromatic rings. The smallest absolute Gasteiger partial charge is 0.0903 e. The zero-order chi connectivity index (χ0) is 8.32. The largest absolute Gasteiger partial charge is 0.376 e. The van der Waals surface area contributed by atoms with E-state index in [9.17, 15) is 0 Å². The van der Waals surface area contributed by atoms with E-state index in [1.54, 1.807) is 7.11 Å². The molecule has 0 aliphatic carbocycles. The molecule has 0 saturated carbocycles. The molecule has 11 heavy (non-hydrogen) atoms. The predicted molar refractivity (Wildman–Crippen MR) is 46.8 cm³/mol. The lowest BCUT2D eigenvalue weighted by atomic mass is 9.96. The second-order valence-electron chi connectivity index (χ2n) is 3.72. The fraction of sp³-hybridized carbons (Fsp3) is 1.00. The lowest BCUT2D eigenvalue weighted by molar-refractivity contribution is -0.110. The topological polar surface area (TPSA) is 12.5 Å². The highest BCUT2D eigenvalue weighted by Crippen LogP contribution is 2.23. The van der Waals surface area contributed by atoms with Crippen molar-refractivity contribution in [3.8, 4) is 0 Å². The van der Waals surface area contributed by atoms with Crippen molar-refractivity contribution in [3.63, 3.8) is 0 Å². The molecule has 1 aliphatic rings. The maximum atomic E-state index is 5.34. The molecule has 0 aromatic heterocycles. The molecular weight excluding hydrogens is 138 g/mol. The second-order valence-corrected chi connectivity index (χ2v) is 3.72. The lowest BCUT2D eigenvalue weighted by Gasteiger charge is -2.47. The molecule has 0 atom stereocenters. The highest BCUT2D eigenvalue weighted by atomic mass is 16.5. The zero-order valence-corrected chi connectivity index (χ0v) is 7.89. The molecule has 1 saturated heterocycles. The molecule has 66 valence electrons. The Labute approximate surface area is 69.5 Å². The van der Waals surface area contributed by atoms with Crippen molar-refractivity contribution in [1.29, 1.82) is 0 Å². The van der Waals surface area contributed by atoms with E-state index in [-0.39, 0.29) is 5.60 Å². The number of hydrogen-bond donors (Lipinski definition) is 0. The van der Waals surface area contributed by atoms with Crippen LogP contribution < -0.4 is 0 Å². The van der Waals surface area contributed by atoms with Crippen molar-refractivity contribution in [1.82, 2.24) is 4.90 Å². The first-order valence-electron chi connectivity index (χ1n) is 4.48. The average Bonchev–Trinajstić information content (AvgIpc) is 1.96. The van der Waals surface area contributed by atoms with Gasteiger partial charge in [0.05, 0.1) is 5.60 Å². The first kappa shape index (κ1) is 9.01. The van der Waals surface area contributed by atoms with Crippen LogP contribution in [0.25, 0.3) is 0 Å². The molecule has 2 heteroatoms. The number of rotatable bonds is 4. The minimum absolute atomic E-state index is 0.160. The molecule has 1 rings (SSSR count). The first-order chi connectivity index (χ1) is 5.20. The molecule has 1 heterocycles. The molecule has 0 amide bonds. The van der Waals surface area contributed by atoms with Gasteiger partial charge in [-0.25, -0.2) is 0 Å². The number of methoxy groups -OCH3 is 1. The van der Waals surface area contributed by atoms with Gasteiger partial charge in [0.1, 0.15) is 0 Å². The van der Waals surface area contributed by atoms with Crippen LogP contribution in [0.4, 0.5) is 0 Å². The Morgan fingerprint density at radius 2 is 2.09 bits per heavy atom. The third kappa shape index (κ3) is 2.17. The van der Waals surface area contributed by atoms with E-state index in [1.165, 1.54) is 19.4 Å². The van der Waals surface area contributed by atoms with E-state index in [0.29, 0.717) is 0 Å². The van der Waals surface area contributed by atoms with Crippen LogP contribution >= 0.6 is 0 Å². The van der Waals surface area contributed by atoms with Crippen molar-refractivity contribution in [2.45, 2.75) is 32.3 Å². The number of unbranched alkanes of at least 4 members (excludes halogenated alkanes) is 1. The van der Waals surface area contributed by atoms with Gasteiger partial charge in [0.2, 0.25) is 0 Å². The predicted octanol–water partition coefficient (Wildman–Crippen LogP) is 1.51. The molecule has 0 N–H and O–H groups in total. The van der Waals surface area contributed by atoms with Crippen molar-refractivity contribution in [2.75, 3.05) is 26.7 Å². The minimum atomic E-state index is 0.160. The van der Waals surface area contributed by atoms with Gasteiger partial charge in [0.15, 0.2) is 0 Å². The van der Waals surface area contributed by atoms with E-state index in [0.717, 1.165) is 13.1 Å². The van der Waals surface area contributed by atoms with E-state index in [1.807, 2.05) is 0 Å². The van der Waals surface area contributed by atoms with Gasteiger partial charge in [0, 0.05) is 20.2 Å². The van der Waals surface area contributed by atoms with Crippen LogP contribution in [0, 0.1) is 0 Å². The maximum absolute atomic E-state index is 5.34. The fourth-order valence-electron chi connectivity index (χ4n) is 1.57. The Balaban J connectivity index is 2.08. The summed E-state index contributed by atoms with van der Waals surface area (Å²) in [6, 6.07) is 0. The van der Waals surface area contributed by atoms with E-state index in [4.69, 9.17) is 4.74 Å². The standard InChI is InChI=1S/C9H19NO/c1-4-5-6-10-7-9(2,8-10)11-3/h4-8H2,1-3H3. The summed E-state index contributed by atoms with van der Waals surface area (Å²) >= 11 is 0. The first-order valence-corrected chi connectivity index (χ1v) is 4.48. The van der Waals surface area contributed by atoms with Gasteiger partial charge < -0.3 is 4.74 Å². The SMILES string of the molecule is CCCCN1CC(C)(OC)C1. The number of ether oxygens (including phenoxy) is 1. The summed E-state index contributed by atoms with van der Waals surface area (Å²) in [7, 11) is 1.80. The summed E-state index contributed by atoms with van der Waals surface area (Å²) in [5, 5.41) is 0. The van der Waals surface area contributed by atoms with E-state index >= 15 is 0 Å². The normalized spacial score (nSPS) is 23.2. The summed E-state index contributed by atoms with van der Waals surface area (Å²) in [4.78, 5) is 2.45. The number of likely N-dealkylation sites (tertiary alicyclic amines) is 1. The van der Waals surface area contributed by atoms with Crippen LogP contribution in [-0.4, -0.2) is 37.2 Å². The molecule has 0 bridgehead atoms. The lowest BCUT2D eigenvalue weighted by Crippen LogP contribution is -2.60. The number of nitrogens with zero attached hydrogens (tertiary/aromatic N) is 1. The van der Waals surface area contributed by atoms with E-state index in [2.05, 4.69) is 18.7 Å². The molecule has 1 aliphatic heterocycles. The molecule has 0 aromatic carbocycles. The van der Waals surface area contributed by atoms with Gasteiger partial charge in [-0.05, 0) is 19.9 Å². The molecule has 1 fully saturated rings. The Morgan fingerprint density at radius 1 is 1.45 bits per heavy atom. The van der Waals surface area contributed by atoms with Crippen molar-refractivity contribution < 1.29 is 4.74 Å². The quantitative estimate of drug-likeness (QED) is 0.613. The van der Waals surface area contributed by atoms with Crippen LogP contribution in [0.1, 0.15) is 26.7 Å². The zero-order valence-electron chi connectivity index (χ0n) is 7.89. The van der Waals surface area contributed by atoms with Gasteiger partial charge in [-0.3, -0.25) is 4.90 Å². The van der Waals surface area contributed by atoms with Gasteiger partial charge in [-0.15, -0.1) is 0 Å². The highest BCUT2D eigenvalue weighted by molar-refractivity contribution is 4.92. The van der Waals surface area contributed by atoms with Crippen molar-refractivity contribution in [2.24, 2.45) is 0 Å². The summed E-state index contributed by atoms with van der Waals surface area (Å²) in [5.74, 6) is 0. The van der Waals surface area contributed by atoms with Crippen LogP contribution in [0.5, 0.6) is 0 Å².